The zero-order valence-electron chi connectivity index (χ0n) is 19.3. The molecule has 5 rings (SSSR count). The van der Waals surface area contributed by atoms with Gasteiger partial charge < -0.3 is 18.6 Å². The fraction of sp³-hybridized carbons (Fsp3) is 0.240. The van der Waals surface area contributed by atoms with Crippen LogP contribution in [0.25, 0.3) is 11.0 Å². The Balaban J connectivity index is 1.84. The summed E-state index contributed by atoms with van der Waals surface area (Å²) in [5, 5.41) is 0.883. The normalized spacial score (nSPS) is 15.0. The van der Waals surface area contributed by atoms with Crippen molar-refractivity contribution in [3.05, 3.63) is 74.1 Å². The van der Waals surface area contributed by atoms with E-state index in [0.717, 1.165) is 10.6 Å². The zero-order valence-corrected chi connectivity index (χ0v) is 20.1. The number of hydrogen-bond acceptors (Lipinski definition) is 8. The van der Waals surface area contributed by atoms with Crippen LogP contribution < -0.4 is 24.5 Å². The van der Waals surface area contributed by atoms with Crippen LogP contribution in [0.3, 0.4) is 0 Å². The third-order valence-electron chi connectivity index (χ3n) is 6.00. The maximum absolute atomic E-state index is 13.7. The van der Waals surface area contributed by atoms with Crippen molar-refractivity contribution in [2.75, 3.05) is 26.2 Å². The molecule has 0 N–H and O–H groups in total. The van der Waals surface area contributed by atoms with Crippen LogP contribution in [-0.4, -0.2) is 32.2 Å². The van der Waals surface area contributed by atoms with Gasteiger partial charge >= 0.3 is 0 Å². The van der Waals surface area contributed by atoms with Gasteiger partial charge in [-0.15, -0.1) is 11.3 Å². The van der Waals surface area contributed by atoms with Gasteiger partial charge in [0.05, 0.1) is 44.0 Å². The molecule has 3 heterocycles. The van der Waals surface area contributed by atoms with Gasteiger partial charge in [0.1, 0.15) is 5.58 Å². The topological polar surface area (TPSA) is 91.1 Å². The number of rotatable bonds is 5. The molecule has 8 nitrogen and oxygen atoms in total. The van der Waals surface area contributed by atoms with Crippen LogP contribution in [0.2, 0.25) is 0 Å². The monoisotopic (exact) mass is 478 g/mol. The number of thiazole rings is 1. The fourth-order valence-electron chi connectivity index (χ4n) is 4.25. The number of carbonyl (C=O) groups is 1. The van der Waals surface area contributed by atoms with Crippen molar-refractivity contribution in [1.29, 1.82) is 0 Å². The van der Waals surface area contributed by atoms with Gasteiger partial charge in [0.15, 0.2) is 22.1 Å². The summed E-state index contributed by atoms with van der Waals surface area (Å²) >= 11 is 1.39. The molecule has 0 aliphatic carbocycles. The number of benzene rings is 2. The molecule has 0 saturated heterocycles. The number of amides is 1. The Labute approximate surface area is 199 Å². The number of aryl methyl sites for hydroxylation is 2. The van der Waals surface area contributed by atoms with Gasteiger partial charge in [-0.1, -0.05) is 12.1 Å². The van der Waals surface area contributed by atoms with Gasteiger partial charge in [0.2, 0.25) is 11.5 Å². The van der Waals surface area contributed by atoms with Crippen LogP contribution >= 0.6 is 11.3 Å². The second kappa shape index (κ2) is 8.18. The minimum Gasteiger partial charge on any atom is -0.493 e. The van der Waals surface area contributed by atoms with Gasteiger partial charge in [0, 0.05) is 4.88 Å². The largest absolute Gasteiger partial charge is 0.493 e. The van der Waals surface area contributed by atoms with Crippen LogP contribution in [-0.2, 0) is 0 Å². The SMILES string of the molecule is COc1cc([C@@H]2c3c(oc4ccccc4c3=O)C(=O)N2c2nc(C)c(C)s2)cc(OC)c1OC. The van der Waals surface area contributed by atoms with Crippen LogP contribution in [0.5, 0.6) is 17.2 Å². The summed E-state index contributed by atoms with van der Waals surface area (Å²) in [6.07, 6.45) is 0. The Bertz CT molecular complexity index is 1460. The average Bonchev–Trinajstić information content (AvgIpc) is 3.33. The molecule has 0 bridgehead atoms. The molecule has 9 heteroatoms. The molecule has 1 amide bonds. The lowest BCUT2D eigenvalue weighted by molar-refractivity contribution is 0.0971. The predicted octanol–water partition coefficient (Wildman–Crippen LogP) is 4.64. The molecule has 0 radical (unpaired) electrons. The molecule has 0 unspecified atom stereocenters. The number of methoxy groups -OCH3 is 3. The van der Waals surface area contributed by atoms with E-state index in [-0.39, 0.29) is 16.8 Å². The molecular weight excluding hydrogens is 456 g/mol. The highest BCUT2D eigenvalue weighted by atomic mass is 32.1. The number of aromatic nitrogens is 1. The van der Waals surface area contributed by atoms with E-state index in [2.05, 4.69) is 4.98 Å². The number of para-hydroxylation sites is 1. The Hall–Kier alpha value is -3.85. The Kier molecular flexibility index (Phi) is 5.28. The summed E-state index contributed by atoms with van der Waals surface area (Å²) in [5.74, 6) is 0.818. The lowest BCUT2D eigenvalue weighted by Gasteiger charge is -2.24. The Morgan fingerprint density at radius 3 is 2.26 bits per heavy atom. The molecule has 0 fully saturated rings. The summed E-state index contributed by atoms with van der Waals surface area (Å²) in [5.41, 5.74) is 1.77. The lowest BCUT2D eigenvalue weighted by Crippen LogP contribution is -2.29. The van der Waals surface area contributed by atoms with Crippen molar-refractivity contribution in [2.24, 2.45) is 0 Å². The first-order valence-corrected chi connectivity index (χ1v) is 11.3. The molecule has 2 aromatic carbocycles. The van der Waals surface area contributed by atoms with Crippen LogP contribution in [0.1, 0.15) is 38.3 Å². The molecule has 0 spiro atoms. The summed E-state index contributed by atoms with van der Waals surface area (Å²) in [4.78, 5) is 34.5. The Morgan fingerprint density at radius 2 is 1.68 bits per heavy atom. The second-order valence-corrected chi connectivity index (χ2v) is 9.03. The Morgan fingerprint density at radius 1 is 1.00 bits per heavy atom. The van der Waals surface area contributed by atoms with Crippen LogP contribution in [0, 0.1) is 13.8 Å². The smallest absolute Gasteiger partial charge is 0.297 e. The number of hydrogen-bond donors (Lipinski definition) is 0. The standard InChI is InChI=1S/C25H22N2O6S/c1-12-13(2)34-25(26-12)27-20(14-10-17(30-3)22(32-5)18(11-14)31-4)19-21(28)15-8-6-7-9-16(15)33-23(19)24(27)29/h6-11,20H,1-5H3/t20-/m1/s1. The highest BCUT2D eigenvalue weighted by molar-refractivity contribution is 7.15. The van der Waals surface area contributed by atoms with E-state index in [1.165, 1.54) is 37.6 Å². The van der Waals surface area contributed by atoms with Crippen molar-refractivity contribution >= 4 is 33.3 Å². The number of nitrogens with zero attached hydrogens (tertiary/aromatic N) is 2. The zero-order chi connectivity index (χ0) is 24.1. The first-order valence-electron chi connectivity index (χ1n) is 10.5. The highest BCUT2D eigenvalue weighted by Crippen LogP contribution is 2.47. The van der Waals surface area contributed by atoms with Gasteiger partial charge in [-0.05, 0) is 43.7 Å². The summed E-state index contributed by atoms with van der Waals surface area (Å²) in [7, 11) is 4.55. The molecule has 1 aliphatic heterocycles. The minimum absolute atomic E-state index is 0.00737. The molecule has 1 atom stereocenters. The maximum Gasteiger partial charge on any atom is 0.297 e. The van der Waals surface area contributed by atoms with Crippen molar-refractivity contribution in [2.45, 2.75) is 19.9 Å². The lowest BCUT2D eigenvalue weighted by atomic mass is 9.98. The van der Waals surface area contributed by atoms with E-state index < -0.39 is 11.9 Å². The van der Waals surface area contributed by atoms with E-state index in [1.807, 2.05) is 13.8 Å². The summed E-state index contributed by atoms with van der Waals surface area (Å²) in [6.45, 7) is 3.82. The van der Waals surface area contributed by atoms with E-state index in [0.29, 0.717) is 38.9 Å². The average molecular weight is 479 g/mol. The predicted molar refractivity (Wildman–Crippen MR) is 129 cm³/mol. The summed E-state index contributed by atoms with van der Waals surface area (Å²) in [6, 6.07) is 9.59. The number of ether oxygens (including phenoxy) is 3. The van der Waals surface area contributed by atoms with Crippen molar-refractivity contribution < 1.29 is 23.4 Å². The fourth-order valence-corrected chi connectivity index (χ4v) is 5.19. The van der Waals surface area contributed by atoms with Gasteiger partial charge in [-0.2, -0.15) is 0 Å². The van der Waals surface area contributed by atoms with Gasteiger partial charge in [-0.3, -0.25) is 14.5 Å². The number of fused-ring (bicyclic) bond motifs is 2. The maximum atomic E-state index is 13.7. The molecule has 174 valence electrons. The molecule has 1 aliphatic rings. The highest BCUT2D eigenvalue weighted by Gasteiger charge is 2.45. The van der Waals surface area contributed by atoms with Gasteiger partial charge in [0.25, 0.3) is 5.91 Å². The molecule has 4 aromatic rings. The van der Waals surface area contributed by atoms with Crippen molar-refractivity contribution in [1.82, 2.24) is 4.98 Å². The first kappa shape index (κ1) is 22.0. The second-order valence-electron chi connectivity index (χ2n) is 7.84. The third kappa shape index (κ3) is 3.15. The van der Waals surface area contributed by atoms with Crippen molar-refractivity contribution in [3.63, 3.8) is 0 Å². The van der Waals surface area contributed by atoms with Crippen molar-refractivity contribution in [3.8, 4) is 17.2 Å². The molecule has 0 saturated carbocycles. The van der Waals surface area contributed by atoms with E-state index >= 15 is 0 Å². The summed E-state index contributed by atoms with van der Waals surface area (Å²) < 4.78 is 22.5. The molecule has 34 heavy (non-hydrogen) atoms. The van der Waals surface area contributed by atoms with E-state index in [9.17, 15) is 9.59 Å². The van der Waals surface area contributed by atoms with Gasteiger partial charge in [-0.25, -0.2) is 4.98 Å². The van der Waals surface area contributed by atoms with Crippen LogP contribution in [0.4, 0.5) is 5.13 Å². The molecule has 2 aromatic heterocycles. The quantitative estimate of drug-likeness (QED) is 0.413. The van der Waals surface area contributed by atoms with Crippen LogP contribution in [0.15, 0.2) is 45.6 Å². The third-order valence-corrected chi connectivity index (χ3v) is 7.08. The van der Waals surface area contributed by atoms with E-state index in [1.54, 1.807) is 36.4 Å². The minimum atomic E-state index is -0.790. The number of carbonyl (C=O) groups excluding carboxylic acids is 1. The first-order chi connectivity index (χ1) is 16.4. The number of anilines is 1. The van der Waals surface area contributed by atoms with E-state index in [4.69, 9.17) is 18.6 Å². The molecular formula is C25H22N2O6S.